The van der Waals surface area contributed by atoms with Crippen molar-refractivity contribution in [2.45, 2.75) is 45.4 Å². The Balaban J connectivity index is 0.00000432. The molecule has 0 saturated heterocycles. The summed E-state index contributed by atoms with van der Waals surface area (Å²) in [5.41, 5.74) is 3.84. The zero-order valence-corrected chi connectivity index (χ0v) is 19.0. The third-order valence-corrected chi connectivity index (χ3v) is 5.39. The van der Waals surface area contributed by atoms with Gasteiger partial charge in [-0.05, 0) is 75.3 Å². The average Bonchev–Trinajstić information content (AvgIpc) is 3.67. The third-order valence-electron chi connectivity index (χ3n) is 5.39. The SMILES string of the molecule is C.C[C@@H](O)[C@H](NC(=O)c1ccc(C#Cc2ccc(NC(=O)CN(C)C3CC3)cc2)cc1)C(=O)NO. The van der Waals surface area contributed by atoms with Crippen LogP contribution in [0.1, 0.15) is 48.7 Å². The normalized spacial score (nSPS) is 14.0. The molecule has 2 aromatic rings. The van der Waals surface area contributed by atoms with Crippen molar-refractivity contribution in [1.29, 1.82) is 0 Å². The van der Waals surface area contributed by atoms with Gasteiger partial charge in [0.1, 0.15) is 6.04 Å². The summed E-state index contributed by atoms with van der Waals surface area (Å²) in [5.74, 6) is 4.50. The van der Waals surface area contributed by atoms with Crippen LogP contribution in [0.15, 0.2) is 48.5 Å². The van der Waals surface area contributed by atoms with Gasteiger partial charge in [-0.25, -0.2) is 5.48 Å². The van der Waals surface area contributed by atoms with Crippen molar-refractivity contribution in [3.63, 3.8) is 0 Å². The molecular weight excluding hydrogens is 448 g/mol. The van der Waals surface area contributed by atoms with Gasteiger partial charge in [-0.3, -0.25) is 24.5 Å². The number of carbonyl (C=O) groups is 3. The minimum Gasteiger partial charge on any atom is -0.391 e. The van der Waals surface area contributed by atoms with Crippen LogP contribution < -0.4 is 16.1 Å². The first-order valence-corrected chi connectivity index (χ1v) is 10.9. The van der Waals surface area contributed by atoms with E-state index in [1.807, 2.05) is 19.2 Å². The molecule has 0 aromatic heterocycles. The maximum Gasteiger partial charge on any atom is 0.268 e. The molecule has 3 rings (SSSR count). The number of aliphatic hydroxyl groups excluding tert-OH is 1. The molecule has 1 saturated carbocycles. The zero-order chi connectivity index (χ0) is 24.7. The molecule has 0 spiro atoms. The van der Waals surface area contributed by atoms with Crippen LogP contribution in [-0.2, 0) is 9.59 Å². The maximum absolute atomic E-state index is 12.3. The quantitative estimate of drug-likeness (QED) is 0.222. The molecule has 0 unspecified atom stereocenters. The van der Waals surface area contributed by atoms with Crippen LogP contribution in [0.5, 0.6) is 0 Å². The Labute approximate surface area is 205 Å². The van der Waals surface area contributed by atoms with Crippen LogP contribution in [-0.4, -0.2) is 64.7 Å². The largest absolute Gasteiger partial charge is 0.391 e. The average molecular weight is 481 g/mol. The predicted octanol–water partition coefficient (Wildman–Crippen LogP) is 1.74. The van der Waals surface area contributed by atoms with Gasteiger partial charge in [-0.1, -0.05) is 19.3 Å². The lowest BCUT2D eigenvalue weighted by Gasteiger charge is -2.19. The fourth-order valence-electron chi connectivity index (χ4n) is 3.26. The van der Waals surface area contributed by atoms with E-state index >= 15 is 0 Å². The van der Waals surface area contributed by atoms with Crippen LogP contribution in [0.2, 0.25) is 0 Å². The molecule has 1 aliphatic rings. The van der Waals surface area contributed by atoms with Gasteiger partial charge in [0, 0.05) is 28.4 Å². The molecular formula is C26H32N4O5. The molecule has 0 radical (unpaired) electrons. The minimum absolute atomic E-state index is 0. The summed E-state index contributed by atoms with van der Waals surface area (Å²) in [4.78, 5) is 38.1. The topological polar surface area (TPSA) is 131 Å². The highest BCUT2D eigenvalue weighted by molar-refractivity contribution is 5.97. The summed E-state index contributed by atoms with van der Waals surface area (Å²) in [7, 11) is 1.96. The molecule has 35 heavy (non-hydrogen) atoms. The highest BCUT2D eigenvalue weighted by Crippen LogP contribution is 2.24. The lowest BCUT2D eigenvalue weighted by molar-refractivity contribution is -0.133. The molecule has 186 valence electrons. The standard InChI is InChI=1S/C25H28N4O5.CH4/c1-16(30)23(25(33)28-34)27-24(32)19-9-5-17(6-10-19)3-4-18-7-11-20(12-8-18)26-22(31)15-29(2)21-13-14-21;/h5-12,16,21,23,30,34H,13-15H2,1-2H3,(H,26,31)(H,27,32)(H,28,33);1H4/t16-,23+;/m1./s1. The minimum atomic E-state index is -1.29. The summed E-state index contributed by atoms with van der Waals surface area (Å²) >= 11 is 0. The van der Waals surface area contributed by atoms with E-state index in [2.05, 4.69) is 27.4 Å². The Morgan fingerprint density at radius 3 is 2.06 bits per heavy atom. The lowest BCUT2D eigenvalue weighted by Crippen LogP contribution is -2.51. The number of anilines is 1. The van der Waals surface area contributed by atoms with Gasteiger partial charge in [-0.2, -0.15) is 0 Å². The second kappa shape index (κ2) is 12.7. The van der Waals surface area contributed by atoms with E-state index in [0.29, 0.717) is 23.8 Å². The van der Waals surface area contributed by atoms with E-state index in [1.165, 1.54) is 12.4 Å². The number of hydrogen-bond donors (Lipinski definition) is 5. The van der Waals surface area contributed by atoms with Gasteiger partial charge in [0.05, 0.1) is 12.6 Å². The van der Waals surface area contributed by atoms with Gasteiger partial charge < -0.3 is 15.7 Å². The van der Waals surface area contributed by atoms with Gasteiger partial charge in [-0.15, -0.1) is 0 Å². The van der Waals surface area contributed by atoms with Gasteiger partial charge in [0.15, 0.2) is 0 Å². The van der Waals surface area contributed by atoms with Crippen molar-refractivity contribution >= 4 is 23.4 Å². The second-order valence-electron chi connectivity index (χ2n) is 8.27. The number of nitrogens with one attached hydrogen (secondary N) is 3. The molecule has 2 aromatic carbocycles. The number of amides is 3. The lowest BCUT2D eigenvalue weighted by atomic mass is 10.1. The summed E-state index contributed by atoms with van der Waals surface area (Å²) in [6.07, 6.45) is 1.12. The van der Waals surface area contributed by atoms with Crippen LogP contribution in [0, 0.1) is 11.8 Å². The van der Waals surface area contributed by atoms with Gasteiger partial charge in [0.25, 0.3) is 11.8 Å². The van der Waals surface area contributed by atoms with Crippen LogP contribution in [0.25, 0.3) is 0 Å². The highest BCUT2D eigenvalue weighted by atomic mass is 16.5. The molecule has 1 fully saturated rings. The maximum atomic E-state index is 12.3. The van der Waals surface area contributed by atoms with Crippen molar-refractivity contribution in [1.82, 2.24) is 15.7 Å². The number of hydrogen-bond acceptors (Lipinski definition) is 6. The molecule has 0 bridgehead atoms. The van der Waals surface area contributed by atoms with Crippen LogP contribution in [0.3, 0.4) is 0 Å². The Morgan fingerprint density at radius 2 is 1.57 bits per heavy atom. The molecule has 3 amide bonds. The first kappa shape index (κ1) is 27.5. The summed E-state index contributed by atoms with van der Waals surface area (Å²) in [6, 6.07) is 12.9. The Kier molecular flexibility index (Phi) is 9.97. The smallest absolute Gasteiger partial charge is 0.268 e. The zero-order valence-electron chi connectivity index (χ0n) is 19.0. The van der Waals surface area contributed by atoms with E-state index in [-0.39, 0.29) is 18.9 Å². The molecule has 0 heterocycles. The molecule has 0 aliphatic heterocycles. The molecule has 2 atom stereocenters. The number of carbonyl (C=O) groups excluding carboxylic acids is 3. The molecule has 9 heteroatoms. The summed E-state index contributed by atoms with van der Waals surface area (Å²) < 4.78 is 0. The number of nitrogens with zero attached hydrogens (tertiary/aromatic N) is 1. The highest BCUT2D eigenvalue weighted by Gasteiger charge is 2.27. The van der Waals surface area contributed by atoms with E-state index < -0.39 is 24.0 Å². The van der Waals surface area contributed by atoms with Crippen molar-refractivity contribution in [3.05, 3.63) is 65.2 Å². The van der Waals surface area contributed by atoms with Crippen molar-refractivity contribution < 1.29 is 24.7 Å². The first-order valence-electron chi connectivity index (χ1n) is 10.9. The fourth-order valence-corrected chi connectivity index (χ4v) is 3.26. The number of aliphatic hydroxyl groups is 1. The van der Waals surface area contributed by atoms with Crippen molar-refractivity contribution in [2.75, 3.05) is 18.9 Å². The van der Waals surface area contributed by atoms with E-state index in [1.54, 1.807) is 36.4 Å². The van der Waals surface area contributed by atoms with Crippen LogP contribution in [0.4, 0.5) is 5.69 Å². The third kappa shape index (κ3) is 8.22. The Hall–Kier alpha value is -3.71. The van der Waals surface area contributed by atoms with Gasteiger partial charge in [0.2, 0.25) is 5.91 Å². The summed E-state index contributed by atoms with van der Waals surface area (Å²) in [5, 5.41) is 23.6. The number of likely N-dealkylation sites (N-methyl/N-ethyl adjacent to an activating group) is 1. The van der Waals surface area contributed by atoms with E-state index in [4.69, 9.17) is 5.21 Å². The van der Waals surface area contributed by atoms with Crippen molar-refractivity contribution in [2.24, 2.45) is 0 Å². The monoisotopic (exact) mass is 480 g/mol. The fraction of sp³-hybridized carbons (Fsp3) is 0.346. The summed E-state index contributed by atoms with van der Waals surface area (Å²) in [6.45, 7) is 1.70. The molecule has 9 nitrogen and oxygen atoms in total. The Bertz CT molecular complexity index is 1080. The second-order valence-corrected chi connectivity index (χ2v) is 8.27. The van der Waals surface area contributed by atoms with E-state index in [9.17, 15) is 19.5 Å². The first-order chi connectivity index (χ1) is 16.3. The number of hydroxylamine groups is 1. The number of benzene rings is 2. The Morgan fingerprint density at radius 1 is 1.03 bits per heavy atom. The van der Waals surface area contributed by atoms with Crippen molar-refractivity contribution in [3.8, 4) is 11.8 Å². The predicted molar refractivity (Wildman–Crippen MR) is 133 cm³/mol. The van der Waals surface area contributed by atoms with Crippen LogP contribution >= 0.6 is 0 Å². The number of rotatable bonds is 8. The molecule has 5 N–H and O–H groups in total. The molecule has 1 aliphatic carbocycles. The van der Waals surface area contributed by atoms with Gasteiger partial charge >= 0.3 is 0 Å². The van der Waals surface area contributed by atoms with E-state index in [0.717, 1.165) is 18.4 Å².